The van der Waals surface area contributed by atoms with Crippen LogP contribution in [0.1, 0.15) is 23.2 Å². The van der Waals surface area contributed by atoms with Gasteiger partial charge in [-0.3, -0.25) is 4.79 Å². The lowest BCUT2D eigenvalue weighted by molar-refractivity contribution is 0.0905. The molecule has 3 rings (SSSR count). The van der Waals surface area contributed by atoms with E-state index >= 15 is 0 Å². The second kappa shape index (κ2) is 4.11. The number of aromatic nitrogens is 2. The number of imidazole rings is 1. The molecule has 3 nitrogen and oxygen atoms in total. The van der Waals surface area contributed by atoms with Crippen LogP contribution in [0.2, 0.25) is 10.0 Å². The predicted octanol–water partition coefficient (Wildman–Crippen LogP) is 3.56. The fraction of sp³-hybridized carbons (Fsp3) is 0.231. The number of carbonyl (C=O) groups excluding carboxylic acids is 1. The molecule has 1 aromatic heterocycles. The van der Waals surface area contributed by atoms with E-state index in [9.17, 15) is 4.79 Å². The highest BCUT2D eigenvalue weighted by molar-refractivity contribution is 6.37. The van der Waals surface area contributed by atoms with Crippen LogP contribution in [-0.2, 0) is 5.54 Å². The normalized spacial score (nSPS) is 16.6. The van der Waals surface area contributed by atoms with E-state index in [2.05, 4.69) is 4.98 Å². The summed E-state index contributed by atoms with van der Waals surface area (Å²) in [5.41, 5.74) is 0.0285. The van der Waals surface area contributed by atoms with Crippen molar-refractivity contribution >= 4 is 29.0 Å². The van der Waals surface area contributed by atoms with E-state index in [0.717, 1.165) is 12.8 Å². The standard InChI is InChI=1S/C13H10Cl2N2O/c14-9-1-2-10(11(15)7-9)12(18)13(3-4-13)17-6-5-16-8-17/h1-2,5-8H,3-4H2. The van der Waals surface area contributed by atoms with E-state index in [1.165, 1.54) is 0 Å². The van der Waals surface area contributed by atoms with Gasteiger partial charge in [0.15, 0.2) is 5.78 Å². The zero-order chi connectivity index (χ0) is 12.8. The summed E-state index contributed by atoms with van der Waals surface area (Å²) in [4.78, 5) is 16.6. The summed E-state index contributed by atoms with van der Waals surface area (Å²) in [6, 6.07) is 4.97. The molecule has 1 aliphatic rings. The lowest BCUT2D eigenvalue weighted by Crippen LogP contribution is -2.27. The number of benzene rings is 1. The number of hydrogen-bond donors (Lipinski definition) is 0. The van der Waals surface area contributed by atoms with Gasteiger partial charge in [0.1, 0.15) is 5.54 Å². The maximum absolute atomic E-state index is 12.6. The molecule has 0 spiro atoms. The molecule has 1 aromatic carbocycles. The van der Waals surface area contributed by atoms with Gasteiger partial charge in [0.05, 0.1) is 11.3 Å². The van der Waals surface area contributed by atoms with Gasteiger partial charge in [-0.2, -0.15) is 0 Å². The molecule has 0 atom stereocenters. The summed E-state index contributed by atoms with van der Waals surface area (Å²) in [7, 11) is 0. The minimum Gasteiger partial charge on any atom is -0.324 e. The molecule has 1 fully saturated rings. The molecule has 18 heavy (non-hydrogen) atoms. The zero-order valence-corrected chi connectivity index (χ0v) is 10.9. The van der Waals surface area contributed by atoms with Gasteiger partial charge >= 0.3 is 0 Å². The Morgan fingerprint density at radius 1 is 1.33 bits per heavy atom. The van der Waals surface area contributed by atoms with E-state index in [0.29, 0.717) is 15.6 Å². The van der Waals surface area contributed by atoms with Crippen molar-refractivity contribution in [3.63, 3.8) is 0 Å². The molecular weight excluding hydrogens is 271 g/mol. The fourth-order valence-corrected chi connectivity index (χ4v) is 2.65. The molecule has 0 saturated heterocycles. The quantitative estimate of drug-likeness (QED) is 0.806. The monoisotopic (exact) mass is 280 g/mol. The SMILES string of the molecule is O=C(c1ccc(Cl)cc1Cl)C1(n2ccnc2)CC1. The van der Waals surface area contributed by atoms with Crippen LogP contribution < -0.4 is 0 Å². The van der Waals surface area contributed by atoms with Gasteiger partial charge in [-0.05, 0) is 31.0 Å². The third kappa shape index (κ3) is 1.74. The number of hydrogen-bond acceptors (Lipinski definition) is 2. The Morgan fingerprint density at radius 2 is 2.11 bits per heavy atom. The first kappa shape index (κ1) is 11.8. The Balaban J connectivity index is 2.01. The van der Waals surface area contributed by atoms with Crippen LogP contribution >= 0.6 is 23.2 Å². The van der Waals surface area contributed by atoms with Crippen LogP contribution in [0.4, 0.5) is 0 Å². The topological polar surface area (TPSA) is 34.9 Å². The number of ketones is 1. The van der Waals surface area contributed by atoms with Crippen molar-refractivity contribution in [2.45, 2.75) is 18.4 Å². The summed E-state index contributed by atoms with van der Waals surface area (Å²) < 4.78 is 1.86. The van der Waals surface area contributed by atoms with Crippen LogP contribution in [0.15, 0.2) is 36.9 Å². The maximum Gasteiger partial charge on any atom is 0.190 e. The lowest BCUT2D eigenvalue weighted by atomic mass is 10.0. The number of carbonyl (C=O) groups is 1. The van der Waals surface area contributed by atoms with Crippen molar-refractivity contribution in [1.29, 1.82) is 0 Å². The first-order chi connectivity index (χ1) is 8.63. The van der Waals surface area contributed by atoms with Gasteiger partial charge in [-0.1, -0.05) is 23.2 Å². The van der Waals surface area contributed by atoms with Crippen LogP contribution in [0.3, 0.4) is 0 Å². The fourth-order valence-electron chi connectivity index (χ4n) is 2.16. The minimum absolute atomic E-state index is 0.0298. The number of Topliss-reactive ketones (excluding diaryl/α,β-unsaturated/α-hetero) is 1. The molecular formula is C13H10Cl2N2O. The molecule has 5 heteroatoms. The van der Waals surface area contributed by atoms with Crippen LogP contribution in [0, 0.1) is 0 Å². The molecule has 0 amide bonds. The highest BCUT2D eigenvalue weighted by atomic mass is 35.5. The highest BCUT2D eigenvalue weighted by Crippen LogP contribution is 2.46. The van der Waals surface area contributed by atoms with Gasteiger partial charge in [0.2, 0.25) is 0 Å². The molecule has 1 saturated carbocycles. The van der Waals surface area contributed by atoms with E-state index in [1.807, 2.05) is 10.8 Å². The molecule has 0 radical (unpaired) electrons. The van der Waals surface area contributed by atoms with E-state index in [4.69, 9.17) is 23.2 Å². The third-order valence-corrected chi connectivity index (χ3v) is 3.87. The van der Waals surface area contributed by atoms with Crippen LogP contribution in [0.5, 0.6) is 0 Å². The Kier molecular flexibility index (Phi) is 2.68. The predicted molar refractivity (Wildman–Crippen MR) is 70.2 cm³/mol. The van der Waals surface area contributed by atoms with Gasteiger partial charge < -0.3 is 4.57 Å². The van der Waals surface area contributed by atoms with Crippen molar-refractivity contribution in [3.05, 3.63) is 52.5 Å². The summed E-state index contributed by atoms with van der Waals surface area (Å²) in [6.45, 7) is 0. The smallest absolute Gasteiger partial charge is 0.190 e. The molecule has 0 N–H and O–H groups in total. The van der Waals surface area contributed by atoms with Crippen LogP contribution in [-0.4, -0.2) is 15.3 Å². The van der Waals surface area contributed by atoms with Crippen molar-refractivity contribution in [2.75, 3.05) is 0 Å². The molecule has 1 heterocycles. The number of rotatable bonds is 3. The zero-order valence-electron chi connectivity index (χ0n) is 9.44. The number of halogens is 2. The third-order valence-electron chi connectivity index (χ3n) is 3.32. The van der Waals surface area contributed by atoms with E-state index in [1.54, 1.807) is 30.7 Å². The summed E-state index contributed by atoms with van der Waals surface area (Å²) in [5.74, 6) is 0.0298. The number of nitrogens with zero attached hydrogens (tertiary/aromatic N) is 2. The van der Waals surface area contributed by atoms with Gasteiger partial charge in [0.25, 0.3) is 0 Å². The van der Waals surface area contributed by atoms with Gasteiger partial charge in [-0.25, -0.2) is 4.98 Å². The Labute approximate surface area is 114 Å². The van der Waals surface area contributed by atoms with Crippen LogP contribution in [0.25, 0.3) is 0 Å². The lowest BCUT2D eigenvalue weighted by Gasteiger charge is -2.16. The first-order valence-electron chi connectivity index (χ1n) is 5.62. The molecule has 92 valence electrons. The average molecular weight is 281 g/mol. The Bertz CT molecular complexity index is 603. The van der Waals surface area contributed by atoms with E-state index < -0.39 is 5.54 Å². The first-order valence-corrected chi connectivity index (χ1v) is 6.37. The second-order valence-corrected chi connectivity index (χ2v) is 5.30. The van der Waals surface area contributed by atoms with Crippen molar-refractivity contribution in [3.8, 4) is 0 Å². The van der Waals surface area contributed by atoms with Crippen molar-refractivity contribution in [2.24, 2.45) is 0 Å². The molecule has 2 aromatic rings. The minimum atomic E-state index is -0.492. The molecule has 0 bridgehead atoms. The summed E-state index contributed by atoms with van der Waals surface area (Å²) >= 11 is 11.9. The Morgan fingerprint density at radius 3 is 2.67 bits per heavy atom. The highest BCUT2D eigenvalue weighted by Gasteiger charge is 2.51. The average Bonchev–Trinajstić information content (AvgIpc) is 2.96. The second-order valence-electron chi connectivity index (χ2n) is 4.45. The van der Waals surface area contributed by atoms with E-state index in [-0.39, 0.29) is 5.78 Å². The molecule has 0 unspecified atom stereocenters. The summed E-state index contributed by atoms with van der Waals surface area (Å²) in [5, 5.41) is 0.933. The van der Waals surface area contributed by atoms with Gasteiger partial charge in [0, 0.05) is 23.0 Å². The van der Waals surface area contributed by atoms with Crippen molar-refractivity contribution in [1.82, 2.24) is 9.55 Å². The van der Waals surface area contributed by atoms with Gasteiger partial charge in [-0.15, -0.1) is 0 Å². The Hall–Kier alpha value is -1.32. The summed E-state index contributed by atoms with van der Waals surface area (Å²) in [6.07, 6.45) is 6.81. The largest absolute Gasteiger partial charge is 0.324 e. The molecule has 0 aliphatic heterocycles. The maximum atomic E-state index is 12.6. The van der Waals surface area contributed by atoms with Crippen molar-refractivity contribution < 1.29 is 4.79 Å². The molecule has 1 aliphatic carbocycles.